The first kappa shape index (κ1) is 18.8. The van der Waals surface area contributed by atoms with Crippen LogP contribution in [0.15, 0.2) is 48.8 Å². The molecule has 0 bridgehead atoms. The Hall–Kier alpha value is -2.56. The van der Waals surface area contributed by atoms with E-state index in [1.54, 1.807) is 12.4 Å². The van der Waals surface area contributed by atoms with Crippen molar-refractivity contribution in [1.29, 1.82) is 0 Å². The highest BCUT2D eigenvalue weighted by molar-refractivity contribution is 5.73. The van der Waals surface area contributed by atoms with Crippen LogP contribution in [0, 0.1) is 0 Å². The SMILES string of the molecule is CC(C)c1ccc(CCCNC(=O)NCCOc2cccnc2)cc1. The number of carbonyl (C=O) groups excluding carboxylic acids is 1. The maximum atomic E-state index is 11.7. The standard InChI is InChI=1S/C20H27N3O2/c1-16(2)18-9-7-17(8-10-18)5-3-12-22-20(24)23-13-14-25-19-6-4-11-21-15-19/h4,6-11,15-16H,3,5,12-14H2,1-2H3,(H2,22,23,24). The molecule has 0 radical (unpaired) electrons. The molecule has 134 valence electrons. The Labute approximate surface area is 149 Å². The molecule has 0 fully saturated rings. The molecule has 0 unspecified atom stereocenters. The largest absolute Gasteiger partial charge is 0.490 e. The maximum absolute atomic E-state index is 11.7. The monoisotopic (exact) mass is 341 g/mol. The predicted octanol–water partition coefficient (Wildman–Crippen LogP) is 3.52. The van der Waals surface area contributed by atoms with Gasteiger partial charge in [-0.15, -0.1) is 0 Å². The number of aromatic nitrogens is 1. The van der Waals surface area contributed by atoms with Gasteiger partial charge in [-0.2, -0.15) is 0 Å². The van der Waals surface area contributed by atoms with E-state index in [1.807, 2.05) is 12.1 Å². The first-order valence-electron chi connectivity index (χ1n) is 8.78. The van der Waals surface area contributed by atoms with Gasteiger partial charge in [0.2, 0.25) is 0 Å². The highest BCUT2D eigenvalue weighted by Gasteiger charge is 2.01. The molecule has 1 aromatic carbocycles. The van der Waals surface area contributed by atoms with Crippen LogP contribution in [0.3, 0.4) is 0 Å². The minimum Gasteiger partial charge on any atom is -0.490 e. The van der Waals surface area contributed by atoms with Crippen LogP contribution in [0.25, 0.3) is 0 Å². The Bertz CT molecular complexity index is 627. The van der Waals surface area contributed by atoms with E-state index in [2.05, 4.69) is 53.7 Å². The van der Waals surface area contributed by atoms with Crippen LogP contribution in [0.1, 0.15) is 37.3 Å². The van der Waals surface area contributed by atoms with Crippen LogP contribution in [0.2, 0.25) is 0 Å². The molecule has 2 N–H and O–H groups in total. The van der Waals surface area contributed by atoms with Gasteiger partial charge < -0.3 is 15.4 Å². The number of benzene rings is 1. The first-order valence-corrected chi connectivity index (χ1v) is 8.78. The summed E-state index contributed by atoms with van der Waals surface area (Å²) in [6, 6.07) is 12.2. The fourth-order valence-electron chi connectivity index (χ4n) is 2.39. The minimum atomic E-state index is -0.162. The van der Waals surface area contributed by atoms with Crippen LogP contribution in [-0.2, 0) is 6.42 Å². The second-order valence-electron chi connectivity index (χ2n) is 6.22. The molecule has 5 heteroatoms. The van der Waals surface area contributed by atoms with Gasteiger partial charge in [-0.3, -0.25) is 4.98 Å². The zero-order valence-electron chi connectivity index (χ0n) is 15.0. The average Bonchev–Trinajstić information content (AvgIpc) is 2.63. The number of ether oxygens (including phenoxy) is 1. The van der Waals surface area contributed by atoms with Crippen LogP contribution in [0.5, 0.6) is 5.75 Å². The summed E-state index contributed by atoms with van der Waals surface area (Å²) >= 11 is 0. The van der Waals surface area contributed by atoms with Crippen molar-refractivity contribution < 1.29 is 9.53 Å². The number of hydrogen-bond donors (Lipinski definition) is 2. The van der Waals surface area contributed by atoms with E-state index in [4.69, 9.17) is 4.74 Å². The fourth-order valence-corrected chi connectivity index (χ4v) is 2.39. The van der Waals surface area contributed by atoms with E-state index in [0.717, 1.165) is 12.8 Å². The number of carbonyl (C=O) groups is 1. The predicted molar refractivity (Wildman–Crippen MR) is 100.0 cm³/mol. The molecule has 1 aromatic heterocycles. The van der Waals surface area contributed by atoms with Crippen molar-refractivity contribution in [1.82, 2.24) is 15.6 Å². The van der Waals surface area contributed by atoms with Gasteiger partial charge in [0.25, 0.3) is 0 Å². The summed E-state index contributed by atoms with van der Waals surface area (Å²) in [5.74, 6) is 1.26. The molecular formula is C20H27N3O2. The van der Waals surface area contributed by atoms with Gasteiger partial charge in [-0.25, -0.2) is 4.79 Å². The van der Waals surface area contributed by atoms with Gasteiger partial charge in [0.05, 0.1) is 12.7 Å². The van der Waals surface area contributed by atoms with Crippen LogP contribution in [0.4, 0.5) is 4.79 Å². The van der Waals surface area contributed by atoms with Crippen molar-refractivity contribution in [2.45, 2.75) is 32.6 Å². The number of amides is 2. The highest BCUT2D eigenvalue weighted by atomic mass is 16.5. The minimum absolute atomic E-state index is 0.162. The van der Waals surface area contributed by atoms with E-state index >= 15 is 0 Å². The number of urea groups is 1. The van der Waals surface area contributed by atoms with Crippen LogP contribution < -0.4 is 15.4 Å². The molecule has 25 heavy (non-hydrogen) atoms. The number of nitrogens with zero attached hydrogens (tertiary/aromatic N) is 1. The Morgan fingerprint density at radius 2 is 1.88 bits per heavy atom. The van der Waals surface area contributed by atoms with Crippen molar-refractivity contribution in [3.8, 4) is 5.75 Å². The van der Waals surface area contributed by atoms with E-state index in [1.165, 1.54) is 11.1 Å². The molecule has 5 nitrogen and oxygen atoms in total. The zero-order valence-corrected chi connectivity index (χ0v) is 15.0. The third-order valence-corrected chi connectivity index (χ3v) is 3.86. The molecule has 1 heterocycles. The van der Waals surface area contributed by atoms with Crippen molar-refractivity contribution in [2.75, 3.05) is 19.7 Å². The summed E-state index contributed by atoms with van der Waals surface area (Å²) < 4.78 is 5.46. The molecule has 0 spiro atoms. The molecule has 0 saturated carbocycles. The van der Waals surface area contributed by atoms with Crippen LogP contribution >= 0.6 is 0 Å². The molecule has 2 amide bonds. The summed E-state index contributed by atoms with van der Waals surface area (Å²) in [6.07, 6.45) is 5.22. The molecule has 0 atom stereocenters. The molecular weight excluding hydrogens is 314 g/mol. The summed E-state index contributed by atoms with van der Waals surface area (Å²) in [5, 5.41) is 5.64. The first-order chi connectivity index (χ1) is 12.1. The van der Waals surface area contributed by atoms with Gasteiger partial charge >= 0.3 is 6.03 Å². The van der Waals surface area contributed by atoms with Gasteiger partial charge in [-0.1, -0.05) is 38.1 Å². The average molecular weight is 341 g/mol. The Morgan fingerprint density at radius 3 is 2.56 bits per heavy atom. The van der Waals surface area contributed by atoms with E-state index in [-0.39, 0.29) is 6.03 Å². The maximum Gasteiger partial charge on any atom is 0.314 e. The summed E-state index contributed by atoms with van der Waals surface area (Å²) in [4.78, 5) is 15.7. The molecule has 0 saturated heterocycles. The van der Waals surface area contributed by atoms with Crippen molar-refractivity contribution in [3.05, 3.63) is 59.9 Å². The van der Waals surface area contributed by atoms with E-state index in [0.29, 0.717) is 31.4 Å². The van der Waals surface area contributed by atoms with E-state index in [9.17, 15) is 4.79 Å². The Kier molecular flexibility index (Phi) is 7.76. The van der Waals surface area contributed by atoms with E-state index < -0.39 is 0 Å². The summed E-state index contributed by atoms with van der Waals surface area (Å²) in [7, 11) is 0. The number of pyridine rings is 1. The van der Waals surface area contributed by atoms with Gasteiger partial charge in [0.15, 0.2) is 0 Å². The smallest absolute Gasteiger partial charge is 0.314 e. The molecule has 0 aliphatic rings. The summed E-state index contributed by atoms with van der Waals surface area (Å²) in [5.41, 5.74) is 2.66. The Balaban J connectivity index is 1.53. The van der Waals surface area contributed by atoms with Gasteiger partial charge in [0.1, 0.15) is 12.4 Å². The lowest BCUT2D eigenvalue weighted by Gasteiger charge is -2.09. The quantitative estimate of drug-likeness (QED) is 0.686. The Morgan fingerprint density at radius 1 is 1.12 bits per heavy atom. The molecule has 2 rings (SSSR count). The fraction of sp³-hybridized carbons (Fsp3) is 0.400. The molecule has 2 aromatic rings. The second kappa shape index (κ2) is 10.3. The van der Waals surface area contributed by atoms with Crippen molar-refractivity contribution >= 4 is 6.03 Å². The lowest BCUT2D eigenvalue weighted by atomic mass is 10.0. The number of nitrogens with one attached hydrogen (secondary N) is 2. The van der Waals surface area contributed by atoms with Gasteiger partial charge in [0, 0.05) is 12.7 Å². The topological polar surface area (TPSA) is 63.2 Å². The molecule has 0 aliphatic carbocycles. The van der Waals surface area contributed by atoms with Crippen LogP contribution in [-0.4, -0.2) is 30.7 Å². The summed E-state index contributed by atoms with van der Waals surface area (Å²) in [6.45, 7) is 5.92. The van der Waals surface area contributed by atoms with Gasteiger partial charge in [-0.05, 0) is 42.0 Å². The molecule has 0 aliphatic heterocycles. The second-order valence-corrected chi connectivity index (χ2v) is 6.22. The lowest BCUT2D eigenvalue weighted by Crippen LogP contribution is -2.38. The third kappa shape index (κ3) is 7.25. The number of rotatable bonds is 9. The lowest BCUT2D eigenvalue weighted by molar-refractivity contribution is 0.236. The van der Waals surface area contributed by atoms with Crippen molar-refractivity contribution in [3.63, 3.8) is 0 Å². The highest BCUT2D eigenvalue weighted by Crippen LogP contribution is 2.15. The normalized spacial score (nSPS) is 10.5. The number of aryl methyl sites for hydroxylation is 1. The number of hydrogen-bond acceptors (Lipinski definition) is 3. The zero-order chi connectivity index (χ0) is 17.9. The third-order valence-electron chi connectivity index (χ3n) is 3.86. The van der Waals surface area contributed by atoms with Crippen molar-refractivity contribution in [2.24, 2.45) is 0 Å².